The standard InChI is InChI=1S/C7H14O.Sn/c1-2-4-6-8-7-5-3-1;/h1-7H2;. The van der Waals surface area contributed by atoms with Crippen molar-refractivity contribution in [1.29, 1.82) is 0 Å². The Labute approximate surface area is 74.1 Å². The van der Waals surface area contributed by atoms with E-state index in [-0.39, 0.29) is 23.9 Å². The van der Waals surface area contributed by atoms with E-state index >= 15 is 0 Å². The van der Waals surface area contributed by atoms with Crippen molar-refractivity contribution in [1.82, 2.24) is 0 Å². The van der Waals surface area contributed by atoms with Gasteiger partial charge in [-0.05, 0) is 12.8 Å². The molecular weight excluding hydrogens is 219 g/mol. The molecule has 0 aromatic heterocycles. The molecule has 1 saturated heterocycles. The minimum Gasteiger partial charge on any atom is -0.381 e. The summed E-state index contributed by atoms with van der Waals surface area (Å²) >= 11 is 0. The molecule has 0 bridgehead atoms. The van der Waals surface area contributed by atoms with Crippen LogP contribution in [0.3, 0.4) is 0 Å². The first kappa shape index (κ1) is 9.76. The molecule has 1 heterocycles. The average Bonchev–Trinajstić information content (AvgIpc) is 1.62. The van der Waals surface area contributed by atoms with Crippen LogP contribution < -0.4 is 0 Å². The summed E-state index contributed by atoms with van der Waals surface area (Å²) in [6.07, 6.45) is 6.73. The van der Waals surface area contributed by atoms with Gasteiger partial charge in [-0.2, -0.15) is 0 Å². The van der Waals surface area contributed by atoms with Crippen LogP contribution in [0.25, 0.3) is 0 Å². The Balaban J connectivity index is 0.000000640. The molecule has 0 N–H and O–H groups in total. The first-order valence-corrected chi connectivity index (χ1v) is 3.58. The molecule has 0 saturated carbocycles. The molecule has 0 spiro atoms. The molecule has 1 aliphatic heterocycles. The van der Waals surface area contributed by atoms with Crippen molar-refractivity contribution < 1.29 is 4.74 Å². The summed E-state index contributed by atoms with van der Waals surface area (Å²) in [5.41, 5.74) is 0. The third-order valence-electron chi connectivity index (χ3n) is 1.58. The molecule has 1 fully saturated rings. The Kier molecular flexibility index (Phi) is 7.45. The zero-order valence-electron chi connectivity index (χ0n) is 5.86. The van der Waals surface area contributed by atoms with Crippen LogP contribution in [-0.4, -0.2) is 37.1 Å². The zero-order valence-corrected chi connectivity index (χ0v) is 8.71. The van der Waals surface area contributed by atoms with Crippen LogP contribution in [0.2, 0.25) is 0 Å². The molecular formula is C7H14OSn. The Morgan fingerprint density at radius 2 is 1.11 bits per heavy atom. The Bertz CT molecular complexity index is 32.9. The molecule has 1 nitrogen and oxygen atoms in total. The largest absolute Gasteiger partial charge is 0.381 e. The summed E-state index contributed by atoms with van der Waals surface area (Å²) in [4.78, 5) is 0. The van der Waals surface area contributed by atoms with Crippen molar-refractivity contribution in [2.45, 2.75) is 32.1 Å². The van der Waals surface area contributed by atoms with E-state index in [1.807, 2.05) is 0 Å². The number of ether oxygens (including phenoxy) is 1. The summed E-state index contributed by atoms with van der Waals surface area (Å²) in [6.45, 7) is 2.00. The SMILES string of the molecule is C1CCCOCCC1.[Sn]. The zero-order chi connectivity index (χ0) is 5.66. The number of hydrogen-bond acceptors (Lipinski definition) is 1. The van der Waals surface area contributed by atoms with Gasteiger partial charge in [0.25, 0.3) is 0 Å². The van der Waals surface area contributed by atoms with Crippen molar-refractivity contribution in [2.75, 3.05) is 13.2 Å². The van der Waals surface area contributed by atoms with E-state index < -0.39 is 0 Å². The molecule has 0 aliphatic carbocycles. The van der Waals surface area contributed by atoms with Gasteiger partial charge in [0, 0.05) is 37.1 Å². The predicted octanol–water partition coefficient (Wildman–Crippen LogP) is 1.59. The minimum atomic E-state index is 0. The first-order valence-electron chi connectivity index (χ1n) is 3.58. The van der Waals surface area contributed by atoms with Crippen molar-refractivity contribution >= 4 is 23.9 Å². The predicted molar refractivity (Wildman–Crippen MR) is 39.7 cm³/mol. The van der Waals surface area contributed by atoms with E-state index in [0.29, 0.717) is 0 Å². The van der Waals surface area contributed by atoms with Crippen molar-refractivity contribution in [3.63, 3.8) is 0 Å². The fraction of sp³-hybridized carbons (Fsp3) is 1.00. The third kappa shape index (κ3) is 5.22. The van der Waals surface area contributed by atoms with Crippen LogP contribution >= 0.6 is 0 Å². The van der Waals surface area contributed by atoms with Crippen LogP contribution in [0.1, 0.15) is 32.1 Å². The van der Waals surface area contributed by atoms with Gasteiger partial charge in [0.2, 0.25) is 0 Å². The normalized spacial score (nSPS) is 21.3. The first-order chi connectivity index (χ1) is 4.00. The minimum absolute atomic E-state index is 0. The van der Waals surface area contributed by atoms with Crippen LogP contribution in [0.4, 0.5) is 0 Å². The van der Waals surface area contributed by atoms with Crippen LogP contribution in [0.15, 0.2) is 0 Å². The van der Waals surface area contributed by atoms with Gasteiger partial charge in [-0.25, -0.2) is 0 Å². The molecule has 1 aliphatic rings. The second-order valence-electron chi connectivity index (χ2n) is 2.38. The van der Waals surface area contributed by atoms with Crippen molar-refractivity contribution in [3.05, 3.63) is 0 Å². The second-order valence-corrected chi connectivity index (χ2v) is 2.38. The van der Waals surface area contributed by atoms with E-state index in [2.05, 4.69) is 0 Å². The van der Waals surface area contributed by atoms with Gasteiger partial charge in [-0.15, -0.1) is 0 Å². The fourth-order valence-corrected chi connectivity index (χ4v) is 1.04. The summed E-state index contributed by atoms with van der Waals surface area (Å²) < 4.78 is 5.27. The maximum absolute atomic E-state index is 5.27. The summed E-state index contributed by atoms with van der Waals surface area (Å²) in [7, 11) is 0. The molecule has 4 radical (unpaired) electrons. The number of rotatable bonds is 0. The Morgan fingerprint density at radius 1 is 0.667 bits per heavy atom. The molecule has 0 aromatic rings. The molecule has 9 heavy (non-hydrogen) atoms. The summed E-state index contributed by atoms with van der Waals surface area (Å²) in [5.74, 6) is 0. The van der Waals surface area contributed by atoms with Crippen molar-refractivity contribution in [2.24, 2.45) is 0 Å². The van der Waals surface area contributed by atoms with E-state index in [4.69, 9.17) is 4.74 Å². The summed E-state index contributed by atoms with van der Waals surface area (Å²) in [6, 6.07) is 0. The van der Waals surface area contributed by atoms with Crippen LogP contribution in [-0.2, 0) is 4.74 Å². The smallest absolute Gasteiger partial charge is 0.0466 e. The summed E-state index contributed by atoms with van der Waals surface area (Å²) in [5, 5.41) is 0. The Morgan fingerprint density at radius 3 is 1.67 bits per heavy atom. The third-order valence-corrected chi connectivity index (χ3v) is 1.58. The average molecular weight is 233 g/mol. The van der Waals surface area contributed by atoms with Gasteiger partial charge in [0.1, 0.15) is 0 Å². The van der Waals surface area contributed by atoms with Gasteiger partial charge in [0.15, 0.2) is 0 Å². The van der Waals surface area contributed by atoms with Crippen LogP contribution in [0.5, 0.6) is 0 Å². The van der Waals surface area contributed by atoms with Gasteiger partial charge in [-0.1, -0.05) is 19.3 Å². The van der Waals surface area contributed by atoms with Gasteiger partial charge >= 0.3 is 0 Å². The number of hydrogen-bond donors (Lipinski definition) is 0. The molecule has 2 heteroatoms. The molecule has 1 rings (SSSR count). The monoisotopic (exact) mass is 234 g/mol. The maximum atomic E-state index is 5.27. The second kappa shape index (κ2) is 6.87. The van der Waals surface area contributed by atoms with Crippen LogP contribution in [0, 0.1) is 0 Å². The van der Waals surface area contributed by atoms with E-state index in [0.717, 1.165) is 13.2 Å². The Hall–Kier alpha value is 0.759. The van der Waals surface area contributed by atoms with Crippen molar-refractivity contribution in [3.8, 4) is 0 Å². The fourth-order valence-electron chi connectivity index (χ4n) is 1.04. The van der Waals surface area contributed by atoms with E-state index in [1.165, 1.54) is 32.1 Å². The van der Waals surface area contributed by atoms with Gasteiger partial charge < -0.3 is 4.74 Å². The van der Waals surface area contributed by atoms with Gasteiger partial charge in [-0.3, -0.25) is 0 Å². The molecule has 52 valence electrons. The molecule has 0 unspecified atom stereocenters. The molecule has 0 atom stereocenters. The van der Waals surface area contributed by atoms with Gasteiger partial charge in [0.05, 0.1) is 0 Å². The molecule has 0 amide bonds. The van der Waals surface area contributed by atoms with E-state index in [9.17, 15) is 0 Å². The molecule has 0 aromatic carbocycles. The quantitative estimate of drug-likeness (QED) is 0.577. The topological polar surface area (TPSA) is 9.23 Å². The van der Waals surface area contributed by atoms with E-state index in [1.54, 1.807) is 0 Å². The maximum Gasteiger partial charge on any atom is 0.0466 e.